The van der Waals surface area contributed by atoms with Gasteiger partial charge in [-0.3, -0.25) is 4.57 Å². The third-order valence-corrected chi connectivity index (χ3v) is 10.8. The Labute approximate surface area is 337 Å². The average molecular weight is 767 g/mol. The first-order valence-corrected chi connectivity index (χ1v) is 19.4. The third kappa shape index (κ3) is 5.76. The lowest BCUT2D eigenvalue weighted by Crippen LogP contribution is -2.02. The van der Waals surface area contributed by atoms with E-state index in [-0.39, 0.29) is 0 Å². The molecular weight excluding hydrogens is 736 g/mol. The smallest absolute Gasteiger partial charge is 0.167 e. The molecule has 0 saturated heterocycles. The highest BCUT2D eigenvalue weighted by Crippen LogP contribution is 2.43. The van der Waals surface area contributed by atoms with Gasteiger partial charge in [0, 0.05) is 33.2 Å². The van der Waals surface area contributed by atoms with Crippen LogP contribution in [0.1, 0.15) is 0 Å². The second kappa shape index (κ2) is 13.8. The van der Waals surface area contributed by atoms with Crippen molar-refractivity contribution in [2.75, 3.05) is 5.32 Å². The lowest BCUT2D eigenvalue weighted by molar-refractivity contribution is 0.669. The first kappa shape index (κ1) is 33.7. The second-order valence-corrected chi connectivity index (χ2v) is 14.5. The van der Waals surface area contributed by atoms with Crippen LogP contribution in [0.4, 0.5) is 11.4 Å². The van der Waals surface area contributed by atoms with Crippen LogP contribution in [0, 0.1) is 0 Å². The molecule has 8 heteroatoms. The summed E-state index contributed by atoms with van der Waals surface area (Å²) in [6.45, 7) is 0. The molecule has 8 aromatic carbocycles. The van der Waals surface area contributed by atoms with Crippen LogP contribution < -0.4 is 5.32 Å². The number of rotatable bonds is 7. The van der Waals surface area contributed by atoms with E-state index in [1.807, 2.05) is 121 Å². The topological polar surface area (TPSA) is 81.7 Å². The molecule has 0 aliphatic carbocycles. The summed E-state index contributed by atoms with van der Waals surface area (Å²) in [6.07, 6.45) is 0. The van der Waals surface area contributed by atoms with Gasteiger partial charge in [0.15, 0.2) is 17.5 Å². The number of para-hydroxylation sites is 2. The van der Waals surface area contributed by atoms with Gasteiger partial charge in [-0.15, -0.1) is 0 Å². The number of imidazole rings is 1. The molecule has 0 spiro atoms. The number of nitrogens with zero attached hydrogens (tertiary/aromatic N) is 5. The van der Waals surface area contributed by atoms with Crippen molar-refractivity contribution >= 4 is 66.7 Å². The molecule has 0 fully saturated rings. The maximum absolute atomic E-state index is 6.84. The van der Waals surface area contributed by atoms with Crippen LogP contribution >= 0.6 is 11.6 Å². The highest BCUT2D eigenvalue weighted by atomic mass is 35.5. The van der Waals surface area contributed by atoms with E-state index < -0.39 is 0 Å². The van der Waals surface area contributed by atoms with Crippen molar-refractivity contribution in [3.63, 3.8) is 0 Å². The van der Waals surface area contributed by atoms with Gasteiger partial charge in [-0.05, 0) is 53.9 Å². The van der Waals surface area contributed by atoms with Crippen LogP contribution in [0.25, 0.3) is 95.0 Å². The van der Waals surface area contributed by atoms with Gasteiger partial charge in [0.1, 0.15) is 17.0 Å². The molecule has 0 bridgehead atoms. The summed E-state index contributed by atoms with van der Waals surface area (Å²) in [7, 11) is 0. The fraction of sp³-hybridized carbons (Fsp3) is 0. The van der Waals surface area contributed by atoms with Crippen molar-refractivity contribution in [3.8, 4) is 51.2 Å². The molecule has 0 aliphatic rings. The minimum atomic E-state index is 0.520. The highest BCUT2D eigenvalue weighted by molar-refractivity contribution is 6.33. The Kier molecular flexibility index (Phi) is 8.05. The summed E-state index contributed by atoms with van der Waals surface area (Å²) < 4.78 is 9.12. The number of benzene rings is 8. The van der Waals surface area contributed by atoms with Crippen LogP contribution in [-0.4, -0.2) is 24.5 Å². The lowest BCUT2D eigenvalue weighted by Gasteiger charge is -2.15. The Balaban J connectivity index is 1.18. The summed E-state index contributed by atoms with van der Waals surface area (Å²) in [5.74, 6) is 2.50. The molecule has 58 heavy (non-hydrogen) atoms. The summed E-state index contributed by atoms with van der Waals surface area (Å²) in [4.78, 5) is 20.5. The Bertz CT molecular complexity index is 3270. The number of aromatic nitrogens is 5. The molecule has 3 heterocycles. The van der Waals surface area contributed by atoms with Crippen molar-refractivity contribution in [1.29, 1.82) is 0 Å². The van der Waals surface area contributed by atoms with Gasteiger partial charge in [0.2, 0.25) is 0 Å². The van der Waals surface area contributed by atoms with Gasteiger partial charge in [-0.2, -0.15) is 0 Å². The third-order valence-electron chi connectivity index (χ3n) is 10.5. The normalized spacial score (nSPS) is 11.5. The van der Waals surface area contributed by atoms with Gasteiger partial charge in [-0.1, -0.05) is 145 Å². The SMILES string of the molecule is Clc1ccccc1Nc1ccc2c(ccc3nc(-c4ccccc4)n(-c4ccc(-c5nc(-c6ccccc6)nc(-c6ccccc6)n5)c5oc6ccccc6c45)c32)c1. The first-order chi connectivity index (χ1) is 28.7. The zero-order valence-corrected chi connectivity index (χ0v) is 31.6. The highest BCUT2D eigenvalue weighted by Gasteiger charge is 2.24. The van der Waals surface area contributed by atoms with Gasteiger partial charge in [0.25, 0.3) is 0 Å². The molecule has 1 N–H and O–H groups in total. The van der Waals surface area contributed by atoms with Crippen LogP contribution in [0.3, 0.4) is 0 Å². The van der Waals surface area contributed by atoms with E-state index >= 15 is 0 Å². The molecule has 0 atom stereocenters. The molecule has 0 saturated carbocycles. The van der Waals surface area contributed by atoms with Gasteiger partial charge in [0.05, 0.1) is 38.4 Å². The van der Waals surface area contributed by atoms with Gasteiger partial charge < -0.3 is 9.73 Å². The summed E-state index contributed by atoms with van der Waals surface area (Å²) in [6, 6.07) is 61.1. The molecule has 0 unspecified atom stereocenters. The fourth-order valence-electron chi connectivity index (χ4n) is 7.81. The molecule has 3 aromatic heterocycles. The van der Waals surface area contributed by atoms with Crippen molar-refractivity contribution in [3.05, 3.63) is 187 Å². The fourth-order valence-corrected chi connectivity index (χ4v) is 7.99. The van der Waals surface area contributed by atoms with Crippen molar-refractivity contribution in [2.45, 2.75) is 0 Å². The number of halogens is 1. The summed E-state index contributed by atoms with van der Waals surface area (Å²) >= 11 is 6.53. The number of nitrogens with one attached hydrogen (secondary N) is 1. The van der Waals surface area contributed by atoms with Crippen molar-refractivity contribution in [2.24, 2.45) is 0 Å². The lowest BCUT2D eigenvalue weighted by atomic mass is 10.0. The largest absolute Gasteiger partial charge is 0.455 e. The van der Waals surface area contributed by atoms with E-state index in [0.717, 1.165) is 83.3 Å². The van der Waals surface area contributed by atoms with Gasteiger partial charge >= 0.3 is 0 Å². The molecule has 11 aromatic rings. The molecular formula is C50H31ClN6O. The van der Waals surface area contributed by atoms with E-state index in [1.54, 1.807) is 0 Å². The monoisotopic (exact) mass is 766 g/mol. The van der Waals surface area contributed by atoms with E-state index in [9.17, 15) is 0 Å². The first-order valence-electron chi connectivity index (χ1n) is 19.0. The van der Waals surface area contributed by atoms with E-state index in [4.69, 9.17) is 36.0 Å². The van der Waals surface area contributed by atoms with E-state index in [2.05, 4.69) is 70.5 Å². The number of fused-ring (bicyclic) bond motifs is 6. The van der Waals surface area contributed by atoms with E-state index in [0.29, 0.717) is 28.1 Å². The zero-order chi connectivity index (χ0) is 38.6. The van der Waals surface area contributed by atoms with Gasteiger partial charge in [-0.25, -0.2) is 19.9 Å². The second-order valence-electron chi connectivity index (χ2n) is 14.1. The van der Waals surface area contributed by atoms with Crippen LogP contribution in [0.2, 0.25) is 5.02 Å². The molecule has 0 aliphatic heterocycles. The standard InChI is InChI=1S/C50H31ClN6O/c51-39-21-11-12-22-40(39)52-35-25-26-36-34(30-35)24-28-41-45(36)57(50(53-41)33-18-8-3-9-19-33)42-29-27-38(46-44(42)37-20-10-13-23-43(37)58-46)49-55-47(31-14-4-1-5-15-31)54-48(56-49)32-16-6-2-7-17-32/h1-30,52H. The Morgan fingerprint density at radius 2 is 1.16 bits per heavy atom. The number of hydrogen-bond acceptors (Lipinski definition) is 6. The maximum atomic E-state index is 6.84. The average Bonchev–Trinajstić information content (AvgIpc) is 3.88. The van der Waals surface area contributed by atoms with E-state index in [1.165, 1.54) is 0 Å². The molecule has 0 amide bonds. The molecule has 11 rings (SSSR count). The predicted octanol–water partition coefficient (Wildman–Crippen LogP) is 13.3. The van der Waals surface area contributed by atoms with Crippen molar-refractivity contribution < 1.29 is 4.42 Å². The Morgan fingerprint density at radius 1 is 0.517 bits per heavy atom. The maximum Gasteiger partial charge on any atom is 0.167 e. The Hall–Kier alpha value is -7.61. The summed E-state index contributed by atoms with van der Waals surface area (Å²) in [5.41, 5.74) is 9.56. The molecule has 274 valence electrons. The number of furan rings is 1. The van der Waals surface area contributed by atoms with Crippen molar-refractivity contribution in [1.82, 2.24) is 24.5 Å². The predicted molar refractivity (Wildman–Crippen MR) is 236 cm³/mol. The Morgan fingerprint density at radius 3 is 1.88 bits per heavy atom. The summed E-state index contributed by atoms with van der Waals surface area (Å²) in [5, 5.41) is 8.18. The minimum Gasteiger partial charge on any atom is -0.455 e. The quantitative estimate of drug-likeness (QED) is 0.174. The van der Waals surface area contributed by atoms with Crippen LogP contribution in [0.15, 0.2) is 186 Å². The van der Waals surface area contributed by atoms with Crippen LogP contribution in [0.5, 0.6) is 0 Å². The molecule has 7 nitrogen and oxygen atoms in total. The molecule has 0 radical (unpaired) electrons. The minimum absolute atomic E-state index is 0.520. The number of anilines is 2. The zero-order valence-electron chi connectivity index (χ0n) is 30.8. The number of hydrogen-bond donors (Lipinski definition) is 1. The van der Waals surface area contributed by atoms with Crippen LogP contribution in [-0.2, 0) is 0 Å².